The Balaban J connectivity index is 1.36. The number of rotatable bonds is 6. The third-order valence-corrected chi connectivity index (χ3v) is 10.2. The normalized spacial score (nSPS) is 26.6. The molecule has 0 aliphatic heterocycles. The number of fused-ring (bicyclic) bond motifs is 5. The van der Waals surface area contributed by atoms with Crippen LogP contribution in [-0.2, 0) is 26.0 Å². The molecule has 4 atom stereocenters. The number of esters is 1. The molecule has 3 aliphatic rings. The Kier molecular flexibility index (Phi) is 7.25. The minimum atomic E-state index is -3.85. The van der Waals surface area contributed by atoms with Crippen molar-refractivity contribution in [2.75, 3.05) is 6.61 Å². The zero-order valence-corrected chi connectivity index (χ0v) is 23.5. The number of hydrogen-bond donors (Lipinski definition) is 0. The standard InChI is InChI=1S/C31H37NO5S/c1-5-36-30(32-38(34,35)25-11-6-20(2)7-12-25)19-23-9-15-29-28-13-8-22-18-24(37-21(3)33)10-14-26(22)27(28)16-17-31(23,29)4/h6-7,9-12,14,18,27-29H,5,8,13,15-17,19H2,1-4H3/t27-,28-,29+,31-/m1/s1. The lowest BCUT2D eigenvalue weighted by Gasteiger charge is -2.50. The van der Waals surface area contributed by atoms with Gasteiger partial charge in [-0.3, -0.25) is 4.79 Å². The van der Waals surface area contributed by atoms with Gasteiger partial charge in [-0.15, -0.1) is 4.40 Å². The third-order valence-electron chi connectivity index (χ3n) is 8.89. The highest BCUT2D eigenvalue weighted by Crippen LogP contribution is 2.61. The zero-order chi connectivity index (χ0) is 27.1. The third kappa shape index (κ3) is 5.05. The van der Waals surface area contributed by atoms with E-state index in [0.717, 1.165) is 37.7 Å². The van der Waals surface area contributed by atoms with Crippen molar-refractivity contribution in [2.45, 2.75) is 77.0 Å². The number of allylic oxidation sites excluding steroid dienone is 1. The van der Waals surface area contributed by atoms with Crippen LogP contribution in [-0.4, -0.2) is 26.9 Å². The maximum atomic E-state index is 13.0. The van der Waals surface area contributed by atoms with Crippen LogP contribution >= 0.6 is 0 Å². The molecule has 202 valence electrons. The topological polar surface area (TPSA) is 82.0 Å². The van der Waals surface area contributed by atoms with Gasteiger partial charge in [-0.2, -0.15) is 8.42 Å². The number of benzene rings is 2. The van der Waals surface area contributed by atoms with E-state index in [-0.39, 0.29) is 22.2 Å². The highest BCUT2D eigenvalue weighted by Gasteiger charge is 2.51. The molecule has 7 heteroatoms. The highest BCUT2D eigenvalue weighted by atomic mass is 32.2. The smallest absolute Gasteiger partial charge is 0.308 e. The van der Waals surface area contributed by atoms with Gasteiger partial charge in [-0.25, -0.2) is 0 Å². The minimum Gasteiger partial charge on any atom is -0.480 e. The molecule has 38 heavy (non-hydrogen) atoms. The van der Waals surface area contributed by atoms with E-state index in [9.17, 15) is 13.2 Å². The van der Waals surface area contributed by atoms with Crippen molar-refractivity contribution in [3.8, 4) is 5.75 Å². The highest BCUT2D eigenvalue weighted by molar-refractivity contribution is 7.90. The number of ether oxygens (including phenoxy) is 2. The van der Waals surface area contributed by atoms with E-state index in [1.807, 2.05) is 26.0 Å². The summed E-state index contributed by atoms with van der Waals surface area (Å²) in [6, 6.07) is 12.9. The molecule has 0 spiro atoms. The Hall–Kier alpha value is -2.93. The first-order chi connectivity index (χ1) is 18.1. The second-order valence-corrected chi connectivity index (χ2v) is 12.8. The average Bonchev–Trinajstić information content (AvgIpc) is 3.19. The van der Waals surface area contributed by atoms with Gasteiger partial charge in [0, 0.05) is 13.3 Å². The zero-order valence-electron chi connectivity index (χ0n) is 22.7. The van der Waals surface area contributed by atoms with Gasteiger partial charge < -0.3 is 9.47 Å². The van der Waals surface area contributed by atoms with Crippen molar-refractivity contribution < 1.29 is 22.7 Å². The van der Waals surface area contributed by atoms with Gasteiger partial charge in [0.1, 0.15) is 5.75 Å². The van der Waals surface area contributed by atoms with Gasteiger partial charge in [-0.1, -0.05) is 42.3 Å². The average molecular weight is 536 g/mol. The molecule has 0 radical (unpaired) electrons. The Morgan fingerprint density at radius 3 is 2.61 bits per heavy atom. The number of carbonyl (C=O) groups is 1. The number of hydrogen-bond acceptors (Lipinski definition) is 5. The monoisotopic (exact) mass is 535 g/mol. The molecule has 2 aromatic carbocycles. The predicted molar refractivity (Wildman–Crippen MR) is 148 cm³/mol. The molecule has 0 saturated heterocycles. The lowest BCUT2D eigenvalue weighted by atomic mass is 9.54. The van der Waals surface area contributed by atoms with E-state index in [1.54, 1.807) is 24.3 Å². The summed E-state index contributed by atoms with van der Waals surface area (Å²) in [6.45, 7) is 7.94. The van der Waals surface area contributed by atoms with Crippen LogP contribution in [0, 0.1) is 24.2 Å². The summed E-state index contributed by atoms with van der Waals surface area (Å²) in [5.74, 6) is 2.18. The summed E-state index contributed by atoms with van der Waals surface area (Å²) in [6.07, 6.45) is 7.95. The molecule has 3 aliphatic carbocycles. The fourth-order valence-corrected chi connectivity index (χ4v) is 8.03. The van der Waals surface area contributed by atoms with Crippen molar-refractivity contribution in [3.05, 3.63) is 70.8 Å². The van der Waals surface area contributed by atoms with Crippen molar-refractivity contribution in [3.63, 3.8) is 0 Å². The van der Waals surface area contributed by atoms with E-state index in [1.165, 1.54) is 23.6 Å². The van der Waals surface area contributed by atoms with Crippen molar-refractivity contribution in [1.82, 2.24) is 0 Å². The largest absolute Gasteiger partial charge is 0.480 e. The first kappa shape index (κ1) is 26.7. The summed E-state index contributed by atoms with van der Waals surface area (Å²) in [5, 5.41) is 0. The molecule has 0 aromatic heterocycles. The molecule has 2 aromatic rings. The predicted octanol–water partition coefficient (Wildman–Crippen LogP) is 6.53. The summed E-state index contributed by atoms with van der Waals surface area (Å²) in [4.78, 5) is 11.6. The van der Waals surface area contributed by atoms with Gasteiger partial charge in [0.15, 0.2) is 0 Å². The second-order valence-electron chi connectivity index (χ2n) is 11.2. The van der Waals surface area contributed by atoms with Crippen LogP contribution in [0.3, 0.4) is 0 Å². The van der Waals surface area contributed by atoms with E-state index in [2.05, 4.69) is 23.5 Å². The van der Waals surface area contributed by atoms with E-state index in [0.29, 0.717) is 36.5 Å². The fraction of sp³-hybridized carbons (Fsp3) is 0.484. The number of aryl methyl sites for hydroxylation is 2. The van der Waals surface area contributed by atoms with Crippen LogP contribution in [0.15, 0.2) is 63.4 Å². The number of sulfonamides is 1. The maximum absolute atomic E-state index is 13.0. The van der Waals surface area contributed by atoms with Gasteiger partial charge in [0.05, 0.1) is 11.5 Å². The van der Waals surface area contributed by atoms with Crippen LogP contribution < -0.4 is 4.74 Å². The molecular formula is C31H37NO5S. The molecule has 0 bridgehead atoms. The molecule has 0 unspecified atom stereocenters. The summed E-state index contributed by atoms with van der Waals surface area (Å²) >= 11 is 0. The summed E-state index contributed by atoms with van der Waals surface area (Å²) < 4.78 is 41.4. The van der Waals surface area contributed by atoms with Gasteiger partial charge in [0.25, 0.3) is 10.0 Å². The summed E-state index contributed by atoms with van der Waals surface area (Å²) in [7, 11) is -3.85. The molecule has 5 rings (SSSR count). The summed E-state index contributed by atoms with van der Waals surface area (Å²) in [5.41, 5.74) is 4.95. The fourth-order valence-electron chi connectivity index (χ4n) is 7.05. The van der Waals surface area contributed by atoms with Crippen LogP contribution in [0.5, 0.6) is 5.75 Å². The Morgan fingerprint density at radius 2 is 1.89 bits per heavy atom. The Morgan fingerprint density at radius 1 is 1.13 bits per heavy atom. The van der Waals surface area contributed by atoms with Gasteiger partial charge >= 0.3 is 5.97 Å². The van der Waals surface area contributed by atoms with Gasteiger partial charge in [-0.05, 0) is 105 Å². The SMILES string of the molecule is CCOC(CC1=CC[C@H]2[C@@H]3CCc4cc(OC(C)=O)ccc4[C@H]3CC[C@]12C)=NS(=O)(=O)c1ccc(C)cc1. The Bertz CT molecular complexity index is 1390. The molecule has 0 heterocycles. The van der Waals surface area contributed by atoms with E-state index >= 15 is 0 Å². The molecule has 0 amide bonds. The second kappa shape index (κ2) is 10.3. The number of carbonyl (C=O) groups excluding carboxylic acids is 1. The maximum Gasteiger partial charge on any atom is 0.308 e. The van der Waals surface area contributed by atoms with Crippen LogP contribution in [0.1, 0.15) is 75.5 Å². The van der Waals surface area contributed by atoms with Crippen LogP contribution in [0.25, 0.3) is 0 Å². The molecular weight excluding hydrogens is 498 g/mol. The Labute approximate surface area is 226 Å². The number of nitrogens with zero attached hydrogens (tertiary/aromatic N) is 1. The molecule has 0 N–H and O–H groups in total. The van der Waals surface area contributed by atoms with E-state index < -0.39 is 10.0 Å². The van der Waals surface area contributed by atoms with Gasteiger partial charge in [0.2, 0.25) is 5.90 Å². The first-order valence-electron chi connectivity index (χ1n) is 13.6. The van der Waals surface area contributed by atoms with Crippen molar-refractivity contribution in [1.29, 1.82) is 0 Å². The molecule has 6 nitrogen and oxygen atoms in total. The molecule has 1 fully saturated rings. The lowest BCUT2D eigenvalue weighted by Crippen LogP contribution is -2.41. The quantitative estimate of drug-likeness (QED) is 0.138. The van der Waals surface area contributed by atoms with Crippen LogP contribution in [0.2, 0.25) is 0 Å². The van der Waals surface area contributed by atoms with Crippen molar-refractivity contribution >= 4 is 21.9 Å². The first-order valence-corrected chi connectivity index (χ1v) is 15.1. The molecule has 1 saturated carbocycles. The minimum absolute atomic E-state index is 0.00183. The van der Waals surface area contributed by atoms with E-state index in [4.69, 9.17) is 9.47 Å². The van der Waals surface area contributed by atoms with Crippen molar-refractivity contribution in [2.24, 2.45) is 21.6 Å². The van der Waals surface area contributed by atoms with Crippen LogP contribution in [0.4, 0.5) is 0 Å². The lowest BCUT2D eigenvalue weighted by molar-refractivity contribution is -0.131.